The molecule has 0 saturated heterocycles. The molecule has 0 unspecified atom stereocenters. The van der Waals surface area contributed by atoms with Crippen LogP contribution in [0.25, 0.3) is 16.8 Å². The fraction of sp³-hybridized carbons (Fsp3) is 0.0455. The van der Waals surface area contributed by atoms with Crippen molar-refractivity contribution in [3.8, 4) is 6.07 Å². The lowest BCUT2D eigenvalue weighted by atomic mass is 10.0. The summed E-state index contributed by atoms with van der Waals surface area (Å²) in [5.74, 6) is -0.792. The van der Waals surface area contributed by atoms with E-state index in [2.05, 4.69) is 16.9 Å². The SMILES string of the molecule is N#Cc1ccccc1/C=C/C(=O)NNC(=O)Cc1cccc2ccccc12. The summed E-state index contributed by atoms with van der Waals surface area (Å²) in [5.41, 5.74) is 6.75. The minimum absolute atomic E-state index is 0.155. The summed E-state index contributed by atoms with van der Waals surface area (Å²) in [7, 11) is 0. The van der Waals surface area contributed by atoms with Gasteiger partial charge >= 0.3 is 0 Å². The van der Waals surface area contributed by atoms with Gasteiger partial charge in [0.2, 0.25) is 5.91 Å². The summed E-state index contributed by atoms with van der Waals surface area (Å²) < 4.78 is 0. The molecule has 0 spiro atoms. The van der Waals surface area contributed by atoms with Crippen LogP contribution in [0.1, 0.15) is 16.7 Å². The lowest BCUT2D eigenvalue weighted by Crippen LogP contribution is -2.41. The van der Waals surface area contributed by atoms with Crippen molar-refractivity contribution in [2.24, 2.45) is 0 Å². The van der Waals surface area contributed by atoms with E-state index in [4.69, 9.17) is 5.26 Å². The minimum Gasteiger partial charge on any atom is -0.273 e. The van der Waals surface area contributed by atoms with Crippen LogP contribution in [0.2, 0.25) is 0 Å². The second-order valence-corrected chi connectivity index (χ2v) is 5.88. The molecular weight excluding hydrogens is 338 g/mol. The van der Waals surface area contributed by atoms with E-state index in [0.717, 1.165) is 16.3 Å². The highest BCUT2D eigenvalue weighted by Gasteiger charge is 2.07. The van der Waals surface area contributed by atoms with Crippen molar-refractivity contribution in [1.29, 1.82) is 5.26 Å². The summed E-state index contributed by atoms with van der Waals surface area (Å²) >= 11 is 0. The van der Waals surface area contributed by atoms with Gasteiger partial charge in [-0.25, -0.2) is 0 Å². The van der Waals surface area contributed by atoms with Crippen molar-refractivity contribution in [2.75, 3.05) is 0 Å². The monoisotopic (exact) mass is 355 g/mol. The largest absolute Gasteiger partial charge is 0.273 e. The number of carbonyl (C=O) groups is 2. The van der Waals surface area contributed by atoms with Gasteiger partial charge in [0.25, 0.3) is 5.91 Å². The van der Waals surface area contributed by atoms with E-state index in [0.29, 0.717) is 11.1 Å². The van der Waals surface area contributed by atoms with Gasteiger partial charge in [0.15, 0.2) is 0 Å². The molecule has 0 saturated carbocycles. The third kappa shape index (κ3) is 4.59. The molecule has 5 nitrogen and oxygen atoms in total. The summed E-state index contributed by atoms with van der Waals surface area (Å²) in [6.07, 6.45) is 2.96. The summed E-state index contributed by atoms with van der Waals surface area (Å²) in [6, 6.07) is 22.6. The van der Waals surface area contributed by atoms with Crippen LogP contribution in [0.15, 0.2) is 72.8 Å². The molecule has 0 aliphatic carbocycles. The smallest absolute Gasteiger partial charge is 0.262 e. The third-order valence-corrected chi connectivity index (χ3v) is 4.05. The Labute approximate surface area is 156 Å². The molecule has 0 bridgehead atoms. The lowest BCUT2D eigenvalue weighted by Gasteiger charge is -2.08. The summed E-state index contributed by atoms with van der Waals surface area (Å²) in [4.78, 5) is 24.0. The number of nitrogens with one attached hydrogen (secondary N) is 2. The van der Waals surface area contributed by atoms with Crippen LogP contribution >= 0.6 is 0 Å². The highest BCUT2D eigenvalue weighted by atomic mass is 16.2. The fourth-order valence-corrected chi connectivity index (χ4v) is 2.75. The van der Waals surface area contributed by atoms with Crippen LogP contribution in [0.4, 0.5) is 0 Å². The van der Waals surface area contributed by atoms with Crippen LogP contribution in [0.5, 0.6) is 0 Å². The first-order valence-corrected chi connectivity index (χ1v) is 8.40. The molecular formula is C22H17N3O2. The Morgan fingerprint density at radius 2 is 1.67 bits per heavy atom. The Morgan fingerprint density at radius 3 is 2.52 bits per heavy atom. The molecule has 27 heavy (non-hydrogen) atoms. The van der Waals surface area contributed by atoms with Crippen molar-refractivity contribution in [2.45, 2.75) is 6.42 Å². The Hall–Kier alpha value is -3.91. The zero-order valence-electron chi connectivity index (χ0n) is 14.5. The van der Waals surface area contributed by atoms with Gasteiger partial charge in [-0.3, -0.25) is 20.4 Å². The Balaban J connectivity index is 1.58. The first-order valence-electron chi connectivity index (χ1n) is 8.40. The topological polar surface area (TPSA) is 82.0 Å². The molecule has 132 valence electrons. The molecule has 3 rings (SSSR count). The summed E-state index contributed by atoms with van der Waals surface area (Å²) in [5, 5.41) is 11.1. The number of carbonyl (C=O) groups excluding carboxylic acids is 2. The number of nitrogens with zero attached hydrogens (tertiary/aromatic N) is 1. The number of hydrogen-bond donors (Lipinski definition) is 2. The molecule has 0 atom stereocenters. The predicted molar refractivity (Wildman–Crippen MR) is 104 cm³/mol. The molecule has 0 fully saturated rings. The van der Waals surface area contributed by atoms with Gasteiger partial charge in [0.1, 0.15) is 0 Å². The van der Waals surface area contributed by atoms with Crippen molar-refractivity contribution < 1.29 is 9.59 Å². The number of hydrazine groups is 1. The molecule has 0 aliphatic rings. The Morgan fingerprint density at radius 1 is 0.926 bits per heavy atom. The van der Waals surface area contributed by atoms with Crippen LogP contribution in [-0.4, -0.2) is 11.8 Å². The van der Waals surface area contributed by atoms with Crippen molar-refractivity contribution in [1.82, 2.24) is 10.9 Å². The first kappa shape index (κ1) is 17.9. The minimum atomic E-state index is -0.478. The molecule has 5 heteroatoms. The number of hydrogen-bond acceptors (Lipinski definition) is 3. The Bertz CT molecular complexity index is 1060. The van der Waals surface area contributed by atoms with Gasteiger partial charge in [0.05, 0.1) is 18.1 Å². The molecule has 0 aromatic heterocycles. The number of rotatable bonds is 4. The molecule has 3 aromatic rings. The number of amides is 2. The number of fused-ring (bicyclic) bond motifs is 1. The van der Waals surface area contributed by atoms with E-state index >= 15 is 0 Å². The average Bonchev–Trinajstić information content (AvgIpc) is 2.71. The van der Waals surface area contributed by atoms with E-state index in [1.54, 1.807) is 24.3 Å². The second kappa shape index (κ2) is 8.45. The van der Waals surface area contributed by atoms with Gasteiger partial charge in [-0.1, -0.05) is 60.7 Å². The lowest BCUT2D eigenvalue weighted by molar-refractivity contribution is -0.126. The van der Waals surface area contributed by atoms with Crippen LogP contribution in [0.3, 0.4) is 0 Å². The molecule has 0 heterocycles. The highest BCUT2D eigenvalue weighted by Crippen LogP contribution is 2.18. The maximum atomic E-state index is 12.1. The average molecular weight is 355 g/mol. The van der Waals surface area contributed by atoms with Gasteiger partial charge in [-0.15, -0.1) is 0 Å². The maximum Gasteiger partial charge on any atom is 0.262 e. The van der Waals surface area contributed by atoms with E-state index in [-0.39, 0.29) is 12.3 Å². The van der Waals surface area contributed by atoms with Crippen molar-refractivity contribution in [3.05, 3.63) is 89.5 Å². The van der Waals surface area contributed by atoms with Crippen LogP contribution in [0, 0.1) is 11.3 Å². The van der Waals surface area contributed by atoms with Crippen molar-refractivity contribution in [3.63, 3.8) is 0 Å². The fourth-order valence-electron chi connectivity index (χ4n) is 2.75. The molecule has 2 amide bonds. The zero-order valence-corrected chi connectivity index (χ0v) is 14.5. The standard InChI is InChI=1S/C22H17N3O2/c23-15-19-8-2-1-6-16(19)12-13-21(26)24-25-22(27)14-18-10-5-9-17-7-3-4-11-20(17)18/h1-13H,14H2,(H,24,26)(H,25,27)/b13-12+. The predicted octanol–water partition coefficient (Wildman–Crippen LogP) is 3.11. The number of nitriles is 1. The Kier molecular flexibility index (Phi) is 5.60. The molecule has 3 aromatic carbocycles. The van der Waals surface area contributed by atoms with Gasteiger partial charge in [0, 0.05) is 6.08 Å². The van der Waals surface area contributed by atoms with E-state index < -0.39 is 5.91 Å². The first-order chi connectivity index (χ1) is 13.2. The molecule has 2 N–H and O–H groups in total. The van der Waals surface area contributed by atoms with E-state index in [9.17, 15) is 9.59 Å². The number of benzene rings is 3. The van der Waals surface area contributed by atoms with Crippen molar-refractivity contribution >= 4 is 28.7 Å². The van der Waals surface area contributed by atoms with Gasteiger partial charge in [-0.05, 0) is 34.0 Å². The van der Waals surface area contributed by atoms with E-state index in [1.807, 2.05) is 42.5 Å². The quantitative estimate of drug-likeness (QED) is 0.557. The second-order valence-electron chi connectivity index (χ2n) is 5.88. The maximum absolute atomic E-state index is 12.1. The van der Waals surface area contributed by atoms with Crippen LogP contribution in [-0.2, 0) is 16.0 Å². The van der Waals surface area contributed by atoms with Gasteiger partial charge in [-0.2, -0.15) is 5.26 Å². The molecule has 0 aliphatic heterocycles. The van der Waals surface area contributed by atoms with Crippen LogP contribution < -0.4 is 10.9 Å². The van der Waals surface area contributed by atoms with E-state index in [1.165, 1.54) is 12.2 Å². The normalized spacial score (nSPS) is 10.5. The summed E-state index contributed by atoms with van der Waals surface area (Å²) in [6.45, 7) is 0. The van der Waals surface area contributed by atoms with Gasteiger partial charge < -0.3 is 0 Å². The highest BCUT2D eigenvalue weighted by molar-refractivity contribution is 5.94. The molecule has 0 radical (unpaired) electrons. The zero-order chi connectivity index (χ0) is 19.1. The third-order valence-electron chi connectivity index (χ3n) is 4.05.